The summed E-state index contributed by atoms with van der Waals surface area (Å²) in [6, 6.07) is 4.36. The van der Waals surface area contributed by atoms with Crippen molar-refractivity contribution in [2.45, 2.75) is 56.3 Å². The molecule has 0 amide bonds. The summed E-state index contributed by atoms with van der Waals surface area (Å²) < 4.78 is 60.1. The lowest BCUT2D eigenvalue weighted by Crippen LogP contribution is -2.35. The molecule has 7 nitrogen and oxygen atoms in total. The highest BCUT2D eigenvalue weighted by atomic mass is 19.4. The first-order valence-electron chi connectivity index (χ1n) is 12.0. The number of aliphatic hydroxyl groups excluding tert-OH is 2. The number of carbonyl (C=O) groups is 1. The van der Waals surface area contributed by atoms with E-state index in [1.54, 1.807) is 12.2 Å². The highest BCUT2D eigenvalue weighted by Gasteiger charge is 2.41. The zero-order valence-electron chi connectivity index (χ0n) is 20.2. The molecule has 10 heteroatoms. The molecule has 1 aromatic carbocycles. The van der Waals surface area contributed by atoms with Crippen LogP contribution in [-0.4, -0.2) is 61.1 Å². The fraction of sp³-hybridized carbons (Fsp3) is 0.577. The average molecular weight is 515 g/mol. The lowest BCUT2D eigenvalue weighted by Gasteiger charge is -2.26. The molecule has 36 heavy (non-hydrogen) atoms. The van der Waals surface area contributed by atoms with E-state index in [-0.39, 0.29) is 36.6 Å². The number of methoxy groups -OCH3 is 1. The average Bonchev–Trinajstić information content (AvgIpc) is 3.42. The molecule has 4 atom stereocenters. The van der Waals surface area contributed by atoms with Crippen molar-refractivity contribution in [1.82, 2.24) is 0 Å². The molecule has 1 saturated heterocycles. The zero-order valence-corrected chi connectivity index (χ0v) is 20.2. The summed E-state index contributed by atoms with van der Waals surface area (Å²) in [5, 5.41) is 21.0. The Kier molecular flexibility index (Phi) is 9.95. The van der Waals surface area contributed by atoms with Gasteiger partial charge in [-0.15, -0.1) is 0 Å². The Morgan fingerprint density at radius 2 is 1.83 bits per heavy atom. The Balaban J connectivity index is 1.59. The van der Waals surface area contributed by atoms with Gasteiger partial charge in [0.05, 0.1) is 38.1 Å². The number of unbranched alkanes of at least 4 members (excludes halogenated alkanes) is 1. The maximum Gasteiger partial charge on any atom is 0.416 e. The Bertz CT molecular complexity index is 892. The first-order chi connectivity index (χ1) is 17.1. The number of hydrogen-bond acceptors (Lipinski definition) is 7. The van der Waals surface area contributed by atoms with Gasteiger partial charge in [0.25, 0.3) is 0 Å². The predicted molar refractivity (Wildman–Crippen MR) is 124 cm³/mol. The molecule has 1 heterocycles. The van der Waals surface area contributed by atoms with Crippen LogP contribution in [-0.2, 0) is 25.2 Å². The van der Waals surface area contributed by atoms with Crippen LogP contribution in [0.1, 0.15) is 37.7 Å². The van der Waals surface area contributed by atoms with Crippen LogP contribution in [0.3, 0.4) is 0 Å². The van der Waals surface area contributed by atoms with Gasteiger partial charge >= 0.3 is 12.1 Å². The normalized spacial score (nSPS) is 26.2. The molecule has 0 unspecified atom stereocenters. The molecule has 2 fully saturated rings. The predicted octanol–water partition coefficient (Wildman–Crippen LogP) is 4.03. The van der Waals surface area contributed by atoms with Gasteiger partial charge in [-0.25, -0.2) is 0 Å². The van der Waals surface area contributed by atoms with E-state index in [0.717, 1.165) is 12.1 Å². The van der Waals surface area contributed by atoms with E-state index >= 15 is 0 Å². The zero-order chi connectivity index (χ0) is 26.2. The lowest BCUT2D eigenvalue weighted by atomic mass is 9.89. The number of carbonyl (C=O) groups excluding carboxylic acids is 1. The summed E-state index contributed by atoms with van der Waals surface area (Å²) in [5.74, 6) is -1.83. The van der Waals surface area contributed by atoms with E-state index < -0.39 is 29.7 Å². The number of ether oxygens (including phenoxy) is 4. The van der Waals surface area contributed by atoms with Crippen molar-refractivity contribution < 1.29 is 47.1 Å². The minimum Gasteiger partial charge on any atom is -0.488 e. The van der Waals surface area contributed by atoms with Gasteiger partial charge in [-0.2, -0.15) is 13.2 Å². The molecule has 0 spiro atoms. The van der Waals surface area contributed by atoms with Gasteiger partial charge in [-0.05, 0) is 55.5 Å². The third-order valence-electron chi connectivity index (χ3n) is 6.44. The monoisotopic (exact) mass is 514 g/mol. The van der Waals surface area contributed by atoms with Crippen LogP contribution in [0.5, 0.6) is 5.75 Å². The van der Waals surface area contributed by atoms with Gasteiger partial charge in [-0.1, -0.05) is 18.2 Å². The van der Waals surface area contributed by atoms with E-state index in [2.05, 4.69) is 4.74 Å². The van der Waals surface area contributed by atoms with Crippen molar-refractivity contribution in [3.05, 3.63) is 54.1 Å². The maximum absolute atomic E-state index is 12.8. The quantitative estimate of drug-likeness (QED) is 0.262. The van der Waals surface area contributed by atoms with Crippen molar-refractivity contribution in [3.8, 4) is 5.75 Å². The highest BCUT2D eigenvalue weighted by molar-refractivity contribution is 5.69. The Morgan fingerprint density at radius 1 is 1.14 bits per heavy atom. The molecular formula is C26H33F3O7. The number of esters is 1. The number of aliphatic hydroxyl groups is 2. The Labute approximate surface area is 208 Å². The van der Waals surface area contributed by atoms with E-state index in [0.29, 0.717) is 38.9 Å². The van der Waals surface area contributed by atoms with Gasteiger partial charge in [-0.3, -0.25) is 4.79 Å². The van der Waals surface area contributed by atoms with E-state index in [4.69, 9.17) is 14.2 Å². The molecule has 0 bridgehead atoms. The number of allylic oxidation sites excluding steroid dienone is 2. The van der Waals surface area contributed by atoms with Crippen LogP contribution in [0.4, 0.5) is 13.2 Å². The third kappa shape index (κ3) is 7.80. The Hall–Kier alpha value is -2.40. The molecule has 2 aliphatic rings. The minimum atomic E-state index is -4.43. The second-order valence-corrected chi connectivity index (χ2v) is 8.97. The summed E-state index contributed by atoms with van der Waals surface area (Å²) in [4.78, 5) is 11.2. The van der Waals surface area contributed by atoms with Crippen molar-refractivity contribution in [2.24, 2.45) is 11.8 Å². The van der Waals surface area contributed by atoms with Crippen molar-refractivity contribution in [1.29, 1.82) is 0 Å². The first-order valence-corrected chi connectivity index (χ1v) is 12.0. The highest BCUT2D eigenvalue weighted by Crippen LogP contribution is 2.37. The van der Waals surface area contributed by atoms with Gasteiger partial charge < -0.3 is 29.2 Å². The summed E-state index contributed by atoms with van der Waals surface area (Å²) in [5.41, 5.74) is -0.768. The summed E-state index contributed by atoms with van der Waals surface area (Å²) in [7, 11) is 1.35. The third-order valence-corrected chi connectivity index (χ3v) is 6.44. The molecule has 200 valence electrons. The largest absolute Gasteiger partial charge is 0.488 e. The SMILES string of the molecule is COC(=O)CCC/C=C\C[C@@H]1[C@@H](/C=C/C2(COc3ccc(C(F)(F)F)cc3)OCCO2)[C@H](O)C[C@@H]1O. The molecule has 0 aromatic heterocycles. The first kappa shape index (κ1) is 28.2. The summed E-state index contributed by atoms with van der Waals surface area (Å²) in [6.45, 7) is 0.535. The van der Waals surface area contributed by atoms with Crippen LogP contribution in [0, 0.1) is 11.8 Å². The number of hydrogen-bond donors (Lipinski definition) is 2. The van der Waals surface area contributed by atoms with E-state index in [1.165, 1.54) is 19.2 Å². The standard InChI is InChI=1S/C26H33F3O7/c1-33-24(32)7-5-3-2-4-6-20-21(23(31)16-22(20)30)12-13-25(35-14-15-36-25)17-34-19-10-8-18(9-11-19)26(27,28)29/h2,4,8-13,20-23,30-31H,3,5-7,14-17H2,1H3/b4-2-,13-12+/t20-,21-,22+,23-/m1/s1. The smallest absolute Gasteiger partial charge is 0.416 e. The molecular weight excluding hydrogens is 481 g/mol. The van der Waals surface area contributed by atoms with Crippen LogP contribution in [0.2, 0.25) is 0 Å². The lowest BCUT2D eigenvalue weighted by molar-refractivity contribution is -0.140. The number of alkyl halides is 3. The van der Waals surface area contributed by atoms with Gasteiger partial charge in [0.1, 0.15) is 12.4 Å². The summed E-state index contributed by atoms with van der Waals surface area (Å²) in [6.07, 6.45) is 3.94. The molecule has 3 rings (SSSR count). The fourth-order valence-electron chi connectivity index (χ4n) is 4.42. The van der Waals surface area contributed by atoms with Crippen molar-refractivity contribution in [2.75, 3.05) is 26.9 Å². The molecule has 2 N–H and O–H groups in total. The van der Waals surface area contributed by atoms with E-state index in [9.17, 15) is 28.2 Å². The topological polar surface area (TPSA) is 94.5 Å². The molecule has 1 aromatic rings. The molecule has 1 aliphatic carbocycles. The van der Waals surface area contributed by atoms with E-state index in [1.807, 2.05) is 12.2 Å². The second kappa shape index (κ2) is 12.7. The number of rotatable bonds is 11. The van der Waals surface area contributed by atoms with Crippen LogP contribution >= 0.6 is 0 Å². The van der Waals surface area contributed by atoms with Crippen molar-refractivity contribution >= 4 is 5.97 Å². The maximum atomic E-state index is 12.8. The van der Waals surface area contributed by atoms with Gasteiger partial charge in [0.2, 0.25) is 5.79 Å². The number of halogens is 3. The fourth-order valence-corrected chi connectivity index (χ4v) is 4.42. The van der Waals surface area contributed by atoms with Crippen LogP contribution < -0.4 is 4.74 Å². The second-order valence-electron chi connectivity index (χ2n) is 8.97. The van der Waals surface area contributed by atoms with Crippen LogP contribution in [0.25, 0.3) is 0 Å². The van der Waals surface area contributed by atoms with Gasteiger partial charge in [0.15, 0.2) is 0 Å². The molecule has 0 radical (unpaired) electrons. The van der Waals surface area contributed by atoms with Crippen molar-refractivity contribution in [3.63, 3.8) is 0 Å². The number of benzene rings is 1. The molecule has 1 saturated carbocycles. The minimum absolute atomic E-state index is 0.0923. The Morgan fingerprint density at radius 3 is 2.47 bits per heavy atom. The molecule has 1 aliphatic heterocycles. The van der Waals surface area contributed by atoms with Gasteiger partial charge in [0, 0.05) is 18.8 Å². The van der Waals surface area contributed by atoms with Crippen LogP contribution in [0.15, 0.2) is 48.6 Å². The summed E-state index contributed by atoms with van der Waals surface area (Å²) >= 11 is 0.